The number of aryl methyl sites for hydroxylation is 2. The number of carbonyl (C=O) groups is 1. The fourth-order valence-electron chi connectivity index (χ4n) is 2.22. The number of hydrogen-bond acceptors (Lipinski definition) is 3. The summed E-state index contributed by atoms with van der Waals surface area (Å²) < 4.78 is 5.20. The van der Waals surface area contributed by atoms with Gasteiger partial charge in [-0.05, 0) is 57.6 Å². The van der Waals surface area contributed by atoms with Gasteiger partial charge >= 0.3 is 6.09 Å². The van der Waals surface area contributed by atoms with Crippen molar-refractivity contribution in [1.29, 1.82) is 0 Å². The molecule has 1 aliphatic rings. The Morgan fingerprint density at radius 2 is 2.11 bits per heavy atom. The zero-order chi connectivity index (χ0) is 13.9. The first kappa shape index (κ1) is 13.8. The van der Waals surface area contributed by atoms with Gasteiger partial charge in [-0.15, -0.1) is 0 Å². The lowest BCUT2D eigenvalue weighted by molar-refractivity contribution is 0.0523. The normalized spacial score (nSPS) is 14.7. The largest absolute Gasteiger partial charge is 0.444 e. The van der Waals surface area contributed by atoms with Crippen LogP contribution in [0.2, 0.25) is 0 Å². The molecule has 104 valence electrons. The van der Waals surface area contributed by atoms with E-state index in [2.05, 4.69) is 16.4 Å². The third-order valence-corrected chi connectivity index (χ3v) is 3.06. The van der Waals surface area contributed by atoms with Crippen LogP contribution in [0.3, 0.4) is 0 Å². The Morgan fingerprint density at radius 3 is 2.84 bits per heavy atom. The smallest absolute Gasteiger partial charge is 0.407 e. The highest BCUT2D eigenvalue weighted by molar-refractivity contribution is 5.67. The zero-order valence-electron chi connectivity index (χ0n) is 12.0. The first-order valence-electron chi connectivity index (χ1n) is 6.87. The van der Waals surface area contributed by atoms with E-state index in [9.17, 15) is 4.79 Å². The van der Waals surface area contributed by atoms with Gasteiger partial charge in [0, 0.05) is 18.4 Å². The summed E-state index contributed by atoms with van der Waals surface area (Å²) in [4.78, 5) is 16.0. The molecule has 0 aromatic carbocycles. The Kier molecular flexibility index (Phi) is 4.08. The number of carbonyl (C=O) groups excluding carboxylic acids is 1. The molecule has 1 amide bonds. The number of amides is 1. The first-order chi connectivity index (χ1) is 8.94. The predicted octanol–water partition coefficient (Wildman–Crippen LogP) is 2.99. The number of pyridine rings is 1. The molecule has 0 atom stereocenters. The molecule has 0 radical (unpaired) electrons. The van der Waals surface area contributed by atoms with Crippen LogP contribution >= 0.6 is 0 Å². The van der Waals surface area contributed by atoms with Crippen LogP contribution in [0.25, 0.3) is 0 Å². The first-order valence-corrected chi connectivity index (χ1v) is 6.87. The second-order valence-corrected chi connectivity index (χ2v) is 6.01. The number of nitrogens with one attached hydrogen (secondary N) is 1. The maximum absolute atomic E-state index is 11.6. The molecule has 1 aromatic rings. The van der Waals surface area contributed by atoms with Gasteiger partial charge in [0.25, 0.3) is 0 Å². The average molecular weight is 262 g/mol. The van der Waals surface area contributed by atoms with Crippen molar-refractivity contribution in [3.05, 3.63) is 29.1 Å². The molecule has 1 N–H and O–H groups in total. The van der Waals surface area contributed by atoms with Crippen LogP contribution in [0, 0.1) is 0 Å². The molecular formula is C15H22N2O2. The summed E-state index contributed by atoms with van der Waals surface area (Å²) in [6, 6.07) is 2.15. The topological polar surface area (TPSA) is 51.2 Å². The van der Waals surface area contributed by atoms with Gasteiger partial charge in [0.2, 0.25) is 0 Å². The van der Waals surface area contributed by atoms with Crippen LogP contribution in [-0.4, -0.2) is 16.7 Å². The van der Waals surface area contributed by atoms with Gasteiger partial charge in [-0.25, -0.2) is 4.79 Å². The summed E-state index contributed by atoms with van der Waals surface area (Å²) >= 11 is 0. The summed E-state index contributed by atoms with van der Waals surface area (Å²) in [5.41, 5.74) is 3.12. The highest BCUT2D eigenvalue weighted by Gasteiger charge is 2.16. The van der Waals surface area contributed by atoms with Crippen molar-refractivity contribution in [3.63, 3.8) is 0 Å². The molecule has 0 saturated carbocycles. The fourth-order valence-corrected chi connectivity index (χ4v) is 2.22. The number of alkyl carbamates (subject to hydrolysis) is 1. The maximum Gasteiger partial charge on any atom is 0.407 e. The van der Waals surface area contributed by atoms with Crippen molar-refractivity contribution >= 4 is 6.09 Å². The van der Waals surface area contributed by atoms with E-state index < -0.39 is 5.60 Å². The number of rotatable bonds is 2. The Morgan fingerprint density at radius 1 is 1.37 bits per heavy atom. The van der Waals surface area contributed by atoms with E-state index in [1.165, 1.54) is 24.1 Å². The second kappa shape index (κ2) is 5.59. The average Bonchev–Trinajstić information content (AvgIpc) is 2.34. The molecule has 1 aliphatic carbocycles. The highest BCUT2D eigenvalue weighted by Crippen LogP contribution is 2.20. The van der Waals surface area contributed by atoms with Crippen LogP contribution in [0.5, 0.6) is 0 Å². The molecule has 0 unspecified atom stereocenters. The van der Waals surface area contributed by atoms with Gasteiger partial charge < -0.3 is 10.1 Å². The predicted molar refractivity (Wildman–Crippen MR) is 74.0 cm³/mol. The van der Waals surface area contributed by atoms with Crippen molar-refractivity contribution in [2.45, 2.75) is 58.6 Å². The van der Waals surface area contributed by atoms with Gasteiger partial charge in [-0.2, -0.15) is 0 Å². The molecule has 1 aromatic heterocycles. The fraction of sp³-hybridized carbons (Fsp3) is 0.600. The van der Waals surface area contributed by atoms with Crippen LogP contribution in [0.4, 0.5) is 4.79 Å². The van der Waals surface area contributed by atoms with Crippen molar-refractivity contribution in [1.82, 2.24) is 10.3 Å². The molecule has 1 heterocycles. The summed E-state index contributed by atoms with van der Waals surface area (Å²) in [6.07, 6.45) is 6.11. The zero-order valence-corrected chi connectivity index (χ0v) is 12.0. The number of hydrogen-bond donors (Lipinski definition) is 1. The van der Waals surface area contributed by atoms with Gasteiger partial charge in [0.15, 0.2) is 0 Å². The van der Waals surface area contributed by atoms with Gasteiger partial charge in [-0.3, -0.25) is 4.98 Å². The Hall–Kier alpha value is -1.58. The third kappa shape index (κ3) is 4.23. The SMILES string of the molecule is CC(C)(C)OC(=O)NCc1cnc2c(c1)CCCC2. The van der Waals surface area contributed by atoms with E-state index >= 15 is 0 Å². The third-order valence-electron chi connectivity index (χ3n) is 3.06. The van der Waals surface area contributed by atoms with E-state index in [1.807, 2.05) is 27.0 Å². The summed E-state index contributed by atoms with van der Waals surface area (Å²) in [5.74, 6) is 0. The van der Waals surface area contributed by atoms with Gasteiger partial charge in [0.1, 0.15) is 5.60 Å². The summed E-state index contributed by atoms with van der Waals surface area (Å²) in [5, 5.41) is 2.76. The lowest BCUT2D eigenvalue weighted by atomic mass is 9.95. The number of fused-ring (bicyclic) bond motifs is 1. The molecule has 4 nitrogen and oxygen atoms in total. The minimum atomic E-state index is -0.460. The number of ether oxygens (including phenoxy) is 1. The lowest BCUT2D eigenvalue weighted by Crippen LogP contribution is -2.32. The van der Waals surface area contributed by atoms with Gasteiger partial charge in [-0.1, -0.05) is 6.07 Å². The summed E-state index contributed by atoms with van der Waals surface area (Å²) in [7, 11) is 0. The Labute approximate surface area is 114 Å². The maximum atomic E-state index is 11.6. The molecule has 0 fully saturated rings. The van der Waals surface area contributed by atoms with Crippen LogP contribution < -0.4 is 5.32 Å². The Balaban J connectivity index is 1.91. The highest BCUT2D eigenvalue weighted by atomic mass is 16.6. The van der Waals surface area contributed by atoms with Crippen molar-refractivity contribution in [2.24, 2.45) is 0 Å². The van der Waals surface area contributed by atoms with Crippen LogP contribution in [-0.2, 0) is 24.1 Å². The van der Waals surface area contributed by atoms with Crippen molar-refractivity contribution in [3.8, 4) is 0 Å². The molecule has 0 spiro atoms. The van der Waals surface area contributed by atoms with Gasteiger partial charge in [0.05, 0.1) is 0 Å². The van der Waals surface area contributed by atoms with E-state index in [4.69, 9.17) is 4.74 Å². The van der Waals surface area contributed by atoms with Crippen molar-refractivity contribution < 1.29 is 9.53 Å². The molecule has 19 heavy (non-hydrogen) atoms. The molecule has 0 aliphatic heterocycles. The molecule has 2 rings (SSSR count). The number of aromatic nitrogens is 1. The van der Waals surface area contributed by atoms with E-state index in [0.29, 0.717) is 6.54 Å². The van der Waals surface area contributed by atoms with E-state index in [1.54, 1.807) is 0 Å². The summed E-state index contributed by atoms with van der Waals surface area (Å²) in [6.45, 7) is 6.03. The lowest BCUT2D eigenvalue weighted by Gasteiger charge is -2.20. The van der Waals surface area contributed by atoms with E-state index in [0.717, 1.165) is 18.4 Å². The minimum Gasteiger partial charge on any atom is -0.444 e. The van der Waals surface area contributed by atoms with Crippen molar-refractivity contribution in [2.75, 3.05) is 0 Å². The number of nitrogens with zero attached hydrogens (tertiary/aromatic N) is 1. The molecule has 0 saturated heterocycles. The second-order valence-electron chi connectivity index (χ2n) is 6.01. The minimum absolute atomic E-state index is 0.384. The van der Waals surface area contributed by atoms with Crippen LogP contribution in [0.1, 0.15) is 50.4 Å². The molecular weight excluding hydrogens is 240 g/mol. The Bertz CT molecular complexity index is 464. The molecule has 0 bridgehead atoms. The van der Waals surface area contributed by atoms with Crippen LogP contribution in [0.15, 0.2) is 12.3 Å². The quantitative estimate of drug-likeness (QED) is 0.891. The van der Waals surface area contributed by atoms with E-state index in [-0.39, 0.29) is 6.09 Å². The standard InChI is InChI=1S/C15H22N2O2/c1-15(2,3)19-14(18)17-10-11-8-12-6-4-5-7-13(12)16-9-11/h8-9H,4-7,10H2,1-3H3,(H,17,18). The molecule has 4 heteroatoms. The monoisotopic (exact) mass is 262 g/mol.